The minimum atomic E-state index is 0.471. The molecule has 3 heteroatoms. The van der Waals surface area contributed by atoms with Crippen LogP contribution >= 0.6 is 0 Å². The summed E-state index contributed by atoms with van der Waals surface area (Å²) in [5, 5.41) is 8.70. The molecule has 3 nitrogen and oxygen atoms in total. The zero-order valence-corrected chi connectivity index (χ0v) is 11.7. The second-order valence-corrected chi connectivity index (χ2v) is 4.66. The van der Waals surface area contributed by atoms with E-state index in [9.17, 15) is 0 Å². The zero-order valence-electron chi connectivity index (χ0n) is 11.7. The summed E-state index contributed by atoms with van der Waals surface area (Å²) in [7, 11) is 0. The standard InChI is InChI=1S/C17H17NO2/c1-13-9-14(2)11-17(10-13)20-8-7-19-16-5-3-15(12-18)4-6-16/h3-6,9-11H,7-8H2,1-2H3. The largest absolute Gasteiger partial charge is 0.490 e. The maximum atomic E-state index is 8.70. The summed E-state index contributed by atoms with van der Waals surface area (Å²) in [5.74, 6) is 1.61. The maximum Gasteiger partial charge on any atom is 0.122 e. The third kappa shape index (κ3) is 4.03. The molecule has 0 aliphatic rings. The third-order valence-electron chi connectivity index (χ3n) is 2.80. The van der Waals surface area contributed by atoms with E-state index < -0.39 is 0 Å². The van der Waals surface area contributed by atoms with E-state index in [-0.39, 0.29) is 0 Å². The van der Waals surface area contributed by atoms with Crippen molar-refractivity contribution >= 4 is 0 Å². The van der Waals surface area contributed by atoms with Crippen molar-refractivity contribution in [3.63, 3.8) is 0 Å². The molecule has 0 unspecified atom stereocenters. The van der Waals surface area contributed by atoms with Crippen molar-refractivity contribution in [1.82, 2.24) is 0 Å². The highest BCUT2D eigenvalue weighted by Crippen LogP contribution is 2.16. The molecule has 0 saturated heterocycles. The molecule has 0 aliphatic carbocycles. The van der Waals surface area contributed by atoms with Gasteiger partial charge in [-0.1, -0.05) is 6.07 Å². The molecule has 0 fully saturated rings. The summed E-state index contributed by atoms with van der Waals surface area (Å²) in [4.78, 5) is 0. The molecular weight excluding hydrogens is 250 g/mol. The van der Waals surface area contributed by atoms with E-state index in [1.165, 1.54) is 11.1 Å². The number of hydrogen-bond donors (Lipinski definition) is 0. The van der Waals surface area contributed by atoms with Gasteiger partial charge in [-0.3, -0.25) is 0 Å². The van der Waals surface area contributed by atoms with Gasteiger partial charge in [0.05, 0.1) is 11.6 Å². The maximum absolute atomic E-state index is 8.70. The van der Waals surface area contributed by atoms with Crippen LogP contribution in [0.1, 0.15) is 16.7 Å². The van der Waals surface area contributed by atoms with E-state index in [2.05, 4.69) is 12.1 Å². The minimum Gasteiger partial charge on any atom is -0.490 e. The molecule has 0 N–H and O–H groups in total. The van der Waals surface area contributed by atoms with E-state index in [1.54, 1.807) is 24.3 Å². The van der Waals surface area contributed by atoms with Crippen molar-refractivity contribution in [1.29, 1.82) is 5.26 Å². The Morgan fingerprint density at radius 3 is 1.95 bits per heavy atom. The molecule has 2 aromatic rings. The lowest BCUT2D eigenvalue weighted by molar-refractivity contribution is 0.217. The lowest BCUT2D eigenvalue weighted by Crippen LogP contribution is -2.09. The van der Waals surface area contributed by atoms with Crippen molar-refractivity contribution in [2.75, 3.05) is 13.2 Å². The van der Waals surface area contributed by atoms with Gasteiger partial charge >= 0.3 is 0 Å². The Morgan fingerprint density at radius 1 is 0.850 bits per heavy atom. The van der Waals surface area contributed by atoms with Crippen molar-refractivity contribution in [2.24, 2.45) is 0 Å². The molecule has 0 aliphatic heterocycles. The number of benzene rings is 2. The molecule has 2 aromatic carbocycles. The Balaban J connectivity index is 1.79. The lowest BCUT2D eigenvalue weighted by atomic mass is 10.1. The molecule has 0 spiro atoms. The summed E-state index contributed by atoms with van der Waals surface area (Å²) in [6.07, 6.45) is 0. The first-order valence-electron chi connectivity index (χ1n) is 6.51. The third-order valence-corrected chi connectivity index (χ3v) is 2.80. The first-order valence-corrected chi connectivity index (χ1v) is 6.51. The summed E-state index contributed by atoms with van der Waals surface area (Å²) < 4.78 is 11.2. The predicted molar refractivity (Wildman–Crippen MR) is 78.1 cm³/mol. The number of hydrogen-bond acceptors (Lipinski definition) is 3. The molecule has 0 atom stereocenters. The first kappa shape index (κ1) is 14.0. The van der Waals surface area contributed by atoms with Crippen LogP contribution in [-0.4, -0.2) is 13.2 Å². The fraction of sp³-hybridized carbons (Fsp3) is 0.235. The van der Waals surface area contributed by atoms with Crippen LogP contribution in [0, 0.1) is 25.2 Å². The quantitative estimate of drug-likeness (QED) is 0.777. The topological polar surface area (TPSA) is 42.2 Å². The average Bonchev–Trinajstić information content (AvgIpc) is 2.43. The summed E-state index contributed by atoms with van der Waals surface area (Å²) >= 11 is 0. The van der Waals surface area contributed by atoms with Crippen LogP contribution in [-0.2, 0) is 0 Å². The van der Waals surface area contributed by atoms with Crippen molar-refractivity contribution in [3.8, 4) is 17.6 Å². The van der Waals surface area contributed by atoms with Crippen molar-refractivity contribution in [3.05, 3.63) is 59.2 Å². The molecule has 0 amide bonds. The van der Waals surface area contributed by atoms with Gasteiger partial charge in [0, 0.05) is 0 Å². The van der Waals surface area contributed by atoms with Gasteiger partial charge in [-0.25, -0.2) is 0 Å². The molecule has 0 bridgehead atoms. The Morgan fingerprint density at radius 2 is 1.40 bits per heavy atom. The van der Waals surface area contributed by atoms with E-state index in [1.807, 2.05) is 26.0 Å². The van der Waals surface area contributed by atoms with Gasteiger partial charge in [0.25, 0.3) is 0 Å². The molecular formula is C17H17NO2. The highest BCUT2D eigenvalue weighted by molar-refractivity contribution is 5.34. The second-order valence-electron chi connectivity index (χ2n) is 4.66. The summed E-state index contributed by atoms with van der Waals surface area (Å²) in [6.45, 7) is 5.06. The van der Waals surface area contributed by atoms with Crippen LogP contribution in [0.3, 0.4) is 0 Å². The molecule has 20 heavy (non-hydrogen) atoms. The fourth-order valence-electron chi connectivity index (χ4n) is 1.96. The van der Waals surface area contributed by atoms with Gasteiger partial charge in [0.15, 0.2) is 0 Å². The summed E-state index contributed by atoms with van der Waals surface area (Å²) in [6, 6.07) is 15.2. The van der Waals surface area contributed by atoms with Gasteiger partial charge in [-0.15, -0.1) is 0 Å². The Bertz CT molecular complexity index is 592. The highest BCUT2D eigenvalue weighted by atomic mass is 16.5. The lowest BCUT2D eigenvalue weighted by Gasteiger charge is -2.09. The normalized spacial score (nSPS) is 9.85. The van der Waals surface area contributed by atoms with E-state index in [0.717, 1.165) is 11.5 Å². The van der Waals surface area contributed by atoms with Crippen molar-refractivity contribution < 1.29 is 9.47 Å². The first-order chi connectivity index (χ1) is 9.67. The van der Waals surface area contributed by atoms with Gasteiger partial charge in [0.2, 0.25) is 0 Å². The SMILES string of the molecule is Cc1cc(C)cc(OCCOc2ccc(C#N)cc2)c1. The molecule has 0 saturated carbocycles. The number of nitrogens with zero attached hydrogens (tertiary/aromatic N) is 1. The number of nitriles is 1. The fourth-order valence-corrected chi connectivity index (χ4v) is 1.96. The van der Waals surface area contributed by atoms with E-state index in [4.69, 9.17) is 14.7 Å². The van der Waals surface area contributed by atoms with E-state index >= 15 is 0 Å². The van der Waals surface area contributed by atoms with Crippen LogP contribution < -0.4 is 9.47 Å². The Hall–Kier alpha value is -2.47. The van der Waals surface area contributed by atoms with Gasteiger partial charge in [-0.2, -0.15) is 5.26 Å². The smallest absolute Gasteiger partial charge is 0.122 e. The summed E-state index contributed by atoms with van der Waals surface area (Å²) in [5.41, 5.74) is 3.00. The van der Waals surface area contributed by atoms with Crippen LogP contribution in [0.4, 0.5) is 0 Å². The number of ether oxygens (including phenoxy) is 2. The van der Waals surface area contributed by atoms with Crippen LogP contribution in [0.25, 0.3) is 0 Å². The van der Waals surface area contributed by atoms with Gasteiger partial charge in [-0.05, 0) is 61.4 Å². The van der Waals surface area contributed by atoms with Gasteiger partial charge in [0.1, 0.15) is 24.7 Å². The number of aryl methyl sites for hydroxylation is 2. The Kier molecular flexibility index (Phi) is 4.62. The molecule has 2 rings (SSSR count). The molecule has 102 valence electrons. The van der Waals surface area contributed by atoms with Crippen molar-refractivity contribution in [2.45, 2.75) is 13.8 Å². The zero-order chi connectivity index (χ0) is 14.4. The molecule has 0 radical (unpaired) electrons. The second kappa shape index (κ2) is 6.63. The van der Waals surface area contributed by atoms with Crippen LogP contribution in [0.5, 0.6) is 11.5 Å². The minimum absolute atomic E-state index is 0.471. The van der Waals surface area contributed by atoms with Crippen LogP contribution in [0.2, 0.25) is 0 Å². The molecule has 0 aromatic heterocycles. The van der Waals surface area contributed by atoms with Crippen LogP contribution in [0.15, 0.2) is 42.5 Å². The Labute approximate surface area is 119 Å². The average molecular weight is 267 g/mol. The number of rotatable bonds is 5. The van der Waals surface area contributed by atoms with Gasteiger partial charge < -0.3 is 9.47 Å². The highest BCUT2D eigenvalue weighted by Gasteiger charge is 1.98. The monoisotopic (exact) mass is 267 g/mol. The predicted octanol–water partition coefficient (Wildman–Crippen LogP) is 3.63. The van der Waals surface area contributed by atoms with E-state index in [0.29, 0.717) is 18.8 Å². The molecule has 0 heterocycles.